The fraction of sp³-hybridized carbons (Fsp3) is 0.444. The summed E-state index contributed by atoms with van der Waals surface area (Å²) in [6.07, 6.45) is 2.26. The molecule has 1 aliphatic rings. The van der Waals surface area contributed by atoms with Crippen LogP contribution in [-0.2, 0) is 6.54 Å². The van der Waals surface area contributed by atoms with Crippen LogP contribution in [0.15, 0.2) is 36.4 Å². The molecule has 0 bridgehead atoms. The summed E-state index contributed by atoms with van der Waals surface area (Å²) in [4.78, 5) is 11.1. The zero-order valence-corrected chi connectivity index (χ0v) is 14.3. The van der Waals surface area contributed by atoms with E-state index in [4.69, 9.17) is 16.6 Å². The molecule has 0 unspecified atom stereocenters. The first kappa shape index (κ1) is 16.2. The molecule has 0 saturated heterocycles. The van der Waals surface area contributed by atoms with E-state index in [0.717, 1.165) is 24.5 Å². The standard InChI is InChI=1S/C18H22ClN3O/c1-18(2,23)12-22(11-13-6-4-3-5-7-13)16-10-15(19)20-17(21-16)14-8-9-14/h3-7,10,14,23H,8-9,11-12H2,1-2H3. The first-order chi connectivity index (χ1) is 10.9. The van der Waals surface area contributed by atoms with E-state index in [0.29, 0.717) is 24.2 Å². The van der Waals surface area contributed by atoms with Crippen molar-refractivity contribution in [2.75, 3.05) is 11.4 Å². The van der Waals surface area contributed by atoms with Crippen molar-refractivity contribution in [3.8, 4) is 0 Å². The molecule has 5 heteroatoms. The number of anilines is 1. The topological polar surface area (TPSA) is 49.2 Å². The quantitative estimate of drug-likeness (QED) is 0.818. The molecule has 1 saturated carbocycles. The SMILES string of the molecule is CC(C)(O)CN(Cc1ccccc1)c1cc(Cl)nc(C2CC2)n1. The van der Waals surface area contributed by atoms with Gasteiger partial charge in [-0.25, -0.2) is 9.97 Å². The molecule has 4 nitrogen and oxygen atoms in total. The van der Waals surface area contributed by atoms with E-state index < -0.39 is 5.60 Å². The maximum atomic E-state index is 10.3. The highest BCUT2D eigenvalue weighted by atomic mass is 35.5. The predicted octanol–water partition coefficient (Wildman–Crippen LogP) is 3.78. The lowest BCUT2D eigenvalue weighted by atomic mass is 10.1. The molecule has 1 aromatic heterocycles. The van der Waals surface area contributed by atoms with Gasteiger partial charge in [0.25, 0.3) is 0 Å². The van der Waals surface area contributed by atoms with Crippen LogP contribution in [0.3, 0.4) is 0 Å². The number of nitrogens with zero attached hydrogens (tertiary/aromatic N) is 3. The lowest BCUT2D eigenvalue weighted by Crippen LogP contribution is -2.39. The van der Waals surface area contributed by atoms with E-state index in [1.54, 1.807) is 19.9 Å². The number of hydrogen-bond donors (Lipinski definition) is 1. The molecule has 1 N–H and O–H groups in total. The summed E-state index contributed by atoms with van der Waals surface area (Å²) >= 11 is 6.20. The lowest BCUT2D eigenvalue weighted by Gasteiger charge is -2.30. The van der Waals surface area contributed by atoms with Crippen molar-refractivity contribution < 1.29 is 5.11 Å². The van der Waals surface area contributed by atoms with Crippen molar-refractivity contribution >= 4 is 17.4 Å². The second kappa shape index (κ2) is 6.46. The Bertz CT molecular complexity index is 666. The summed E-state index contributed by atoms with van der Waals surface area (Å²) in [6.45, 7) is 4.74. The fourth-order valence-electron chi connectivity index (χ4n) is 2.60. The van der Waals surface area contributed by atoms with Gasteiger partial charge in [-0.15, -0.1) is 0 Å². The summed E-state index contributed by atoms with van der Waals surface area (Å²) < 4.78 is 0. The van der Waals surface area contributed by atoms with Crippen LogP contribution in [0.1, 0.15) is 44.0 Å². The largest absolute Gasteiger partial charge is 0.389 e. The van der Waals surface area contributed by atoms with Crippen LogP contribution >= 0.6 is 11.6 Å². The average Bonchev–Trinajstić information content (AvgIpc) is 3.30. The van der Waals surface area contributed by atoms with Gasteiger partial charge in [-0.2, -0.15) is 0 Å². The number of benzene rings is 1. The Balaban J connectivity index is 1.90. The third-order valence-corrected chi connectivity index (χ3v) is 3.95. The first-order valence-corrected chi connectivity index (χ1v) is 8.34. The number of aromatic nitrogens is 2. The molecule has 3 rings (SSSR count). The summed E-state index contributed by atoms with van der Waals surface area (Å²) in [5, 5.41) is 10.7. The highest BCUT2D eigenvalue weighted by Gasteiger charge is 2.28. The first-order valence-electron chi connectivity index (χ1n) is 7.96. The van der Waals surface area contributed by atoms with E-state index >= 15 is 0 Å². The number of hydrogen-bond acceptors (Lipinski definition) is 4. The maximum absolute atomic E-state index is 10.3. The van der Waals surface area contributed by atoms with Gasteiger partial charge in [0, 0.05) is 25.1 Å². The molecule has 0 spiro atoms. The molecule has 0 aliphatic heterocycles. The van der Waals surface area contributed by atoms with Crippen molar-refractivity contribution in [3.63, 3.8) is 0 Å². The normalized spacial score (nSPS) is 14.8. The van der Waals surface area contributed by atoms with Crippen molar-refractivity contribution in [1.82, 2.24) is 9.97 Å². The molecule has 23 heavy (non-hydrogen) atoms. The molecule has 0 atom stereocenters. The zero-order valence-electron chi connectivity index (χ0n) is 13.5. The molecule has 0 amide bonds. The summed E-state index contributed by atoms with van der Waals surface area (Å²) in [6, 6.07) is 11.9. The number of aliphatic hydroxyl groups is 1. The Morgan fingerprint density at radius 3 is 2.52 bits per heavy atom. The van der Waals surface area contributed by atoms with E-state index in [9.17, 15) is 5.11 Å². The predicted molar refractivity (Wildman–Crippen MR) is 92.8 cm³/mol. The second-order valence-electron chi connectivity index (χ2n) is 6.84. The monoisotopic (exact) mass is 331 g/mol. The highest BCUT2D eigenvalue weighted by molar-refractivity contribution is 6.29. The Kier molecular flexibility index (Phi) is 4.55. The average molecular weight is 332 g/mol. The van der Waals surface area contributed by atoms with Crippen molar-refractivity contribution in [3.05, 3.63) is 52.9 Å². The van der Waals surface area contributed by atoms with E-state index in [-0.39, 0.29) is 0 Å². The van der Waals surface area contributed by atoms with Gasteiger partial charge < -0.3 is 10.0 Å². The van der Waals surface area contributed by atoms with Gasteiger partial charge in [0.15, 0.2) is 0 Å². The van der Waals surface area contributed by atoms with Gasteiger partial charge in [-0.05, 0) is 32.3 Å². The van der Waals surface area contributed by atoms with Crippen molar-refractivity contribution in [2.45, 2.75) is 44.8 Å². The van der Waals surface area contributed by atoms with E-state index in [2.05, 4.69) is 22.0 Å². The van der Waals surface area contributed by atoms with Gasteiger partial charge in [-0.1, -0.05) is 41.9 Å². The lowest BCUT2D eigenvalue weighted by molar-refractivity contribution is 0.0868. The third kappa shape index (κ3) is 4.66. The van der Waals surface area contributed by atoms with Crippen LogP contribution in [0.5, 0.6) is 0 Å². The Labute approximate surface area is 142 Å². The molecule has 1 aliphatic carbocycles. The Morgan fingerprint density at radius 1 is 1.22 bits per heavy atom. The molecule has 1 fully saturated rings. The van der Waals surface area contributed by atoms with Crippen molar-refractivity contribution in [1.29, 1.82) is 0 Å². The molecule has 1 heterocycles. The van der Waals surface area contributed by atoms with Crippen LogP contribution in [0.25, 0.3) is 0 Å². The smallest absolute Gasteiger partial charge is 0.135 e. The second-order valence-corrected chi connectivity index (χ2v) is 7.22. The van der Waals surface area contributed by atoms with Crippen LogP contribution in [0.4, 0.5) is 5.82 Å². The Morgan fingerprint density at radius 2 is 1.91 bits per heavy atom. The summed E-state index contributed by atoms with van der Waals surface area (Å²) in [5.41, 5.74) is 0.339. The van der Waals surface area contributed by atoms with Crippen molar-refractivity contribution in [2.24, 2.45) is 0 Å². The van der Waals surface area contributed by atoms with Crippen LogP contribution in [-0.4, -0.2) is 27.2 Å². The summed E-state index contributed by atoms with van der Waals surface area (Å²) in [5.74, 6) is 2.03. The minimum atomic E-state index is -0.827. The number of rotatable bonds is 6. The van der Waals surface area contributed by atoms with Gasteiger partial charge in [-0.3, -0.25) is 0 Å². The van der Waals surface area contributed by atoms with E-state index in [1.165, 1.54) is 5.56 Å². The Hall–Kier alpha value is -1.65. The highest BCUT2D eigenvalue weighted by Crippen LogP contribution is 2.39. The van der Waals surface area contributed by atoms with Crippen LogP contribution < -0.4 is 4.90 Å². The fourth-order valence-corrected chi connectivity index (χ4v) is 2.78. The molecule has 2 aromatic rings. The van der Waals surface area contributed by atoms with Gasteiger partial charge in [0.1, 0.15) is 16.8 Å². The zero-order chi connectivity index (χ0) is 16.4. The number of halogens is 1. The molecule has 1 aromatic carbocycles. The van der Waals surface area contributed by atoms with E-state index in [1.807, 2.05) is 18.2 Å². The minimum absolute atomic E-state index is 0.438. The van der Waals surface area contributed by atoms with Gasteiger partial charge in [0.2, 0.25) is 0 Å². The molecule has 0 radical (unpaired) electrons. The molecular weight excluding hydrogens is 310 g/mol. The van der Waals surface area contributed by atoms with Crippen LogP contribution in [0.2, 0.25) is 5.15 Å². The molecule has 122 valence electrons. The van der Waals surface area contributed by atoms with Gasteiger partial charge >= 0.3 is 0 Å². The van der Waals surface area contributed by atoms with Gasteiger partial charge in [0.05, 0.1) is 5.60 Å². The molecular formula is C18H22ClN3O. The minimum Gasteiger partial charge on any atom is -0.389 e. The summed E-state index contributed by atoms with van der Waals surface area (Å²) in [7, 11) is 0. The van der Waals surface area contributed by atoms with Crippen LogP contribution in [0, 0.1) is 0 Å². The third-order valence-electron chi connectivity index (χ3n) is 3.76. The maximum Gasteiger partial charge on any atom is 0.135 e.